The molecule has 1 unspecified atom stereocenters. The molecule has 1 aliphatic heterocycles. The molecule has 2 rings (SSSR count). The van der Waals surface area contributed by atoms with Crippen molar-refractivity contribution in [3.8, 4) is 5.75 Å². The van der Waals surface area contributed by atoms with Crippen LogP contribution in [-0.4, -0.2) is 42.8 Å². The van der Waals surface area contributed by atoms with Gasteiger partial charge in [-0.25, -0.2) is 4.79 Å². The monoisotopic (exact) mass is 334 g/mol. The summed E-state index contributed by atoms with van der Waals surface area (Å²) >= 11 is 0. The summed E-state index contributed by atoms with van der Waals surface area (Å²) in [6.45, 7) is 9.21. The van der Waals surface area contributed by atoms with Gasteiger partial charge in [0.05, 0.1) is 12.8 Å². The molecule has 0 aliphatic carbocycles. The highest BCUT2D eigenvalue weighted by Gasteiger charge is 2.25. The Bertz CT molecular complexity index is 566. The molecule has 1 amide bonds. The summed E-state index contributed by atoms with van der Waals surface area (Å²) in [6, 6.07) is 6.50. The van der Waals surface area contributed by atoms with Crippen LogP contribution in [0.15, 0.2) is 18.2 Å². The molecule has 1 aromatic carbocycles. The molecule has 0 radical (unpaired) electrons. The summed E-state index contributed by atoms with van der Waals surface area (Å²) in [6.07, 6.45) is 2.67. The van der Waals surface area contributed by atoms with Crippen molar-refractivity contribution < 1.29 is 14.3 Å². The third kappa shape index (κ3) is 5.32. The number of ether oxygens (including phenoxy) is 2. The van der Waals surface area contributed by atoms with Crippen LogP contribution in [0.25, 0.3) is 0 Å². The minimum atomic E-state index is -0.448. The van der Waals surface area contributed by atoms with Crippen LogP contribution in [0.2, 0.25) is 0 Å². The van der Waals surface area contributed by atoms with Crippen LogP contribution >= 0.6 is 0 Å². The molecule has 0 aromatic heterocycles. The van der Waals surface area contributed by atoms with Crippen LogP contribution in [-0.2, 0) is 4.74 Å². The standard InChI is InChI=1S/C19H30N2O3/c1-14-8-9-16(17(13-14)23-5)20-15-7-6-11-21(12-10-15)18(22)24-19(2,3)4/h8-9,13,15,20H,6-7,10-12H2,1-5H3. The molecule has 134 valence electrons. The molecule has 1 N–H and O–H groups in total. The molecule has 0 saturated carbocycles. The fourth-order valence-electron chi connectivity index (χ4n) is 2.89. The number of benzene rings is 1. The molecular formula is C19H30N2O3. The van der Waals surface area contributed by atoms with Crippen molar-refractivity contribution in [3.63, 3.8) is 0 Å². The number of nitrogens with one attached hydrogen (secondary N) is 1. The quantitative estimate of drug-likeness (QED) is 0.900. The third-order valence-electron chi connectivity index (χ3n) is 4.10. The first kappa shape index (κ1) is 18.4. The van der Waals surface area contributed by atoms with E-state index in [9.17, 15) is 4.79 Å². The zero-order valence-electron chi connectivity index (χ0n) is 15.5. The summed E-state index contributed by atoms with van der Waals surface area (Å²) < 4.78 is 10.9. The fraction of sp³-hybridized carbons (Fsp3) is 0.632. The first-order valence-corrected chi connectivity index (χ1v) is 8.67. The van der Waals surface area contributed by atoms with Crippen molar-refractivity contribution in [1.82, 2.24) is 4.90 Å². The van der Waals surface area contributed by atoms with Crippen molar-refractivity contribution in [1.29, 1.82) is 0 Å². The van der Waals surface area contributed by atoms with E-state index >= 15 is 0 Å². The molecular weight excluding hydrogens is 304 g/mol. The average molecular weight is 334 g/mol. The third-order valence-corrected chi connectivity index (χ3v) is 4.10. The van der Waals surface area contributed by atoms with E-state index in [4.69, 9.17) is 9.47 Å². The summed E-state index contributed by atoms with van der Waals surface area (Å²) in [5.41, 5.74) is 1.74. The zero-order chi connectivity index (χ0) is 17.7. The number of likely N-dealkylation sites (tertiary alicyclic amines) is 1. The molecule has 0 spiro atoms. The van der Waals surface area contributed by atoms with Crippen LogP contribution in [0.5, 0.6) is 5.75 Å². The molecule has 24 heavy (non-hydrogen) atoms. The molecule has 5 heteroatoms. The molecule has 0 bridgehead atoms. The first-order valence-electron chi connectivity index (χ1n) is 8.67. The molecule has 1 aliphatic rings. The van der Waals surface area contributed by atoms with E-state index in [1.165, 1.54) is 5.56 Å². The number of aryl methyl sites for hydroxylation is 1. The van der Waals surface area contributed by atoms with Crippen LogP contribution in [0.4, 0.5) is 10.5 Å². The Hall–Kier alpha value is -1.91. The van der Waals surface area contributed by atoms with Gasteiger partial charge in [0.15, 0.2) is 0 Å². The number of methoxy groups -OCH3 is 1. The number of rotatable bonds is 3. The lowest BCUT2D eigenvalue weighted by molar-refractivity contribution is 0.0256. The number of anilines is 1. The summed E-state index contributed by atoms with van der Waals surface area (Å²) in [5, 5.41) is 3.57. The fourth-order valence-corrected chi connectivity index (χ4v) is 2.89. The van der Waals surface area contributed by atoms with E-state index in [0.29, 0.717) is 12.6 Å². The SMILES string of the molecule is COc1cc(C)ccc1NC1CCCN(C(=O)OC(C)(C)C)CC1. The topological polar surface area (TPSA) is 50.8 Å². The van der Waals surface area contributed by atoms with Crippen molar-refractivity contribution >= 4 is 11.8 Å². The maximum atomic E-state index is 12.2. The smallest absolute Gasteiger partial charge is 0.410 e. The van der Waals surface area contributed by atoms with Crippen molar-refractivity contribution in [2.75, 3.05) is 25.5 Å². The van der Waals surface area contributed by atoms with E-state index in [0.717, 1.165) is 37.2 Å². The summed E-state index contributed by atoms with van der Waals surface area (Å²) in [4.78, 5) is 14.1. The van der Waals surface area contributed by atoms with E-state index in [1.54, 1.807) is 7.11 Å². The van der Waals surface area contributed by atoms with Gasteiger partial charge < -0.3 is 19.7 Å². The first-order chi connectivity index (χ1) is 11.3. The van der Waals surface area contributed by atoms with Gasteiger partial charge in [-0.15, -0.1) is 0 Å². The van der Waals surface area contributed by atoms with Crippen LogP contribution in [0.3, 0.4) is 0 Å². The number of nitrogens with zero attached hydrogens (tertiary/aromatic N) is 1. The molecule has 5 nitrogen and oxygen atoms in total. The van der Waals surface area contributed by atoms with Gasteiger partial charge in [0.1, 0.15) is 11.4 Å². The van der Waals surface area contributed by atoms with Gasteiger partial charge in [-0.05, 0) is 64.7 Å². The van der Waals surface area contributed by atoms with Crippen molar-refractivity contribution in [3.05, 3.63) is 23.8 Å². The predicted molar refractivity (Wildman–Crippen MR) is 96.8 cm³/mol. The second-order valence-corrected chi connectivity index (χ2v) is 7.44. The molecule has 1 atom stereocenters. The number of carbonyl (C=O) groups is 1. The van der Waals surface area contributed by atoms with Gasteiger partial charge in [0.2, 0.25) is 0 Å². The second-order valence-electron chi connectivity index (χ2n) is 7.44. The van der Waals surface area contributed by atoms with Gasteiger partial charge in [0.25, 0.3) is 0 Å². The Morgan fingerprint density at radius 3 is 2.67 bits per heavy atom. The number of amides is 1. The minimum Gasteiger partial charge on any atom is -0.495 e. The number of carbonyl (C=O) groups excluding carboxylic acids is 1. The average Bonchev–Trinajstić information content (AvgIpc) is 2.73. The lowest BCUT2D eigenvalue weighted by atomic mass is 10.1. The molecule has 1 aromatic rings. The Morgan fingerprint density at radius 1 is 1.25 bits per heavy atom. The highest BCUT2D eigenvalue weighted by molar-refractivity contribution is 5.68. The summed E-state index contributed by atoms with van der Waals surface area (Å²) in [5.74, 6) is 0.864. The van der Waals surface area contributed by atoms with E-state index < -0.39 is 5.60 Å². The summed E-state index contributed by atoms with van der Waals surface area (Å²) in [7, 11) is 1.69. The normalized spacial score (nSPS) is 18.7. The second kappa shape index (κ2) is 7.77. The highest BCUT2D eigenvalue weighted by Crippen LogP contribution is 2.28. The van der Waals surface area contributed by atoms with Crippen LogP contribution in [0, 0.1) is 6.92 Å². The maximum absolute atomic E-state index is 12.2. The Labute approximate surface area is 145 Å². The van der Waals surface area contributed by atoms with Gasteiger partial charge in [-0.3, -0.25) is 0 Å². The van der Waals surface area contributed by atoms with E-state index in [-0.39, 0.29) is 6.09 Å². The van der Waals surface area contributed by atoms with Gasteiger partial charge >= 0.3 is 6.09 Å². The Morgan fingerprint density at radius 2 is 2.00 bits per heavy atom. The van der Waals surface area contributed by atoms with Crippen molar-refractivity contribution in [2.45, 2.75) is 58.6 Å². The minimum absolute atomic E-state index is 0.212. The lowest BCUT2D eigenvalue weighted by Crippen LogP contribution is -2.37. The number of hydrogen-bond acceptors (Lipinski definition) is 4. The predicted octanol–water partition coefficient (Wildman–Crippen LogP) is 4.21. The molecule has 1 saturated heterocycles. The Kier molecular flexibility index (Phi) is 5.97. The molecule has 1 heterocycles. The largest absolute Gasteiger partial charge is 0.495 e. The highest BCUT2D eigenvalue weighted by atomic mass is 16.6. The molecule has 1 fully saturated rings. The van der Waals surface area contributed by atoms with Gasteiger partial charge in [0, 0.05) is 19.1 Å². The van der Waals surface area contributed by atoms with Gasteiger partial charge in [-0.2, -0.15) is 0 Å². The van der Waals surface area contributed by atoms with Crippen LogP contribution < -0.4 is 10.1 Å². The van der Waals surface area contributed by atoms with Crippen LogP contribution in [0.1, 0.15) is 45.6 Å². The van der Waals surface area contributed by atoms with E-state index in [1.807, 2.05) is 31.7 Å². The van der Waals surface area contributed by atoms with Crippen molar-refractivity contribution in [2.24, 2.45) is 0 Å². The Balaban J connectivity index is 1.95. The number of hydrogen-bond donors (Lipinski definition) is 1. The van der Waals surface area contributed by atoms with E-state index in [2.05, 4.69) is 24.4 Å². The maximum Gasteiger partial charge on any atom is 0.410 e. The van der Waals surface area contributed by atoms with Gasteiger partial charge in [-0.1, -0.05) is 6.07 Å². The zero-order valence-corrected chi connectivity index (χ0v) is 15.5. The lowest BCUT2D eigenvalue weighted by Gasteiger charge is -2.26.